The van der Waals surface area contributed by atoms with Crippen LogP contribution in [0.4, 0.5) is 16.2 Å². The van der Waals surface area contributed by atoms with Gasteiger partial charge in [-0.1, -0.05) is 43.5 Å². The Labute approximate surface area is 215 Å². The quantitative estimate of drug-likeness (QED) is 0.353. The number of anilines is 2. The third kappa shape index (κ3) is 6.30. The molecular weight excluding hydrogens is 470 g/mol. The molecule has 9 nitrogen and oxygen atoms in total. The number of nitrogens with one attached hydrogen (secondary N) is 3. The van der Waals surface area contributed by atoms with Crippen LogP contribution in [0.25, 0.3) is 11.1 Å². The van der Waals surface area contributed by atoms with Crippen LogP contribution < -0.4 is 16.0 Å². The van der Waals surface area contributed by atoms with E-state index in [1.54, 1.807) is 30.6 Å². The van der Waals surface area contributed by atoms with Crippen molar-refractivity contribution in [3.63, 3.8) is 0 Å². The Hall–Kier alpha value is -4.27. The number of hydrogen-bond donors (Lipinski definition) is 4. The van der Waals surface area contributed by atoms with Crippen LogP contribution in [0.2, 0.25) is 0 Å². The lowest BCUT2D eigenvalue weighted by molar-refractivity contribution is -0.141. The number of para-hydroxylation sites is 1. The SMILES string of the molecule is Cc1cccc(C)c1NC(=O)Nc1cc(-c2cncnc2)ccc1C(=O)N[C@H](C(=O)O)C1CCCCC1. The topological polar surface area (TPSA) is 133 Å². The molecule has 4 rings (SSSR count). The smallest absolute Gasteiger partial charge is 0.326 e. The Morgan fingerprint density at radius 2 is 1.59 bits per heavy atom. The van der Waals surface area contributed by atoms with Crippen LogP contribution >= 0.6 is 0 Å². The molecule has 9 heteroatoms. The van der Waals surface area contributed by atoms with Gasteiger partial charge < -0.3 is 21.1 Å². The van der Waals surface area contributed by atoms with Crippen molar-refractivity contribution < 1.29 is 19.5 Å². The summed E-state index contributed by atoms with van der Waals surface area (Å²) in [5, 5.41) is 18.2. The highest BCUT2D eigenvalue weighted by Crippen LogP contribution is 2.29. The molecule has 1 atom stereocenters. The number of carbonyl (C=O) groups excluding carboxylic acids is 2. The van der Waals surface area contributed by atoms with Gasteiger partial charge in [-0.15, -0.1) is 0 Å². The summed E-state index contributed by atoms with van der Waals surface area (Å²) >= 11 is 0. The van der Waals surface area contributed by atoms with Crippen molar-refractivity contribution in [1.29, 1.82) is 0 Å². The highest BCUT2D eigenvalue weighted by Gasteiger charge is 2.31. The van der Waals surface area contributed by atoms with Crippen molar-refractivity contribution in [2.24, 2.45) is 5.92 Å². The van der Waals surface area contributed by atoms with E-state index in [0.29, 0.717) is 16.8 Å². The maximum atomic E-state index is 13.3. The average Bonchev–Trinajstić information content (AvgIpc) is 2.90. The monoisotopic (exact) mass is 501 g/mol. The van der Waals surface area contributed by atoms with Crippen LogP contribution in [-0.4, -0.2) is 39.0 Å². The first kappa shape index (κ1) is 25.8. The number of hydrogen-bond acceptors (Lipinski definition) is 5. The molecule has 1 saturated carbocycles. The fourth-order valence-corrected chi connectivity index (χ4v) is 4.82. The molecule has 1 aliphatic carbocycles. The summed E-state index contributed by atoms with van der Waals surface area (Å²) < 4.78 is 0. The number of rotatable bonds is 7. The number of carboxylic acid groups (broad SMARTS) is 1. The van der Waals surface area contributed by atoms with E-state index < -0.39 is 23.9 Å². The summed E-state index contributed by atoms with van der Waals surface area (Å²) in [5.74, 6) is -1.74. The standard InChI is InChI=1S/C28H31N5O4/c1-17-7-6-8-18(2)24(17)33-28(37)31-23-13-20(21-14-29-16-30-15-21)11-12-22(23)26(34)32-25(27(35)36)19-9-4-3-5-10-19/h6-8,11-16,19,25H,3-5,9-10H2,1-2H3,(H,32,34)(H,35,36)(H2,31,33,37)/t25-/m0/s1. The summed E-state index contributed by atoms with van der Waals surface area (Å²) in [6.45, 7) is 3.80. The van der Waals surface area contributed by atoms with Crippen molar-refractivity contribution in [2.75, 3.05) is 10.6 Å². The summed E-state index contributed by atoms with van der Waals surface area (Å²) in [5.41, 5.74) is 4.30. The van der Waals surface area contributed by atoms with E-state index in [9.17, 15) is 19.5 Å². The molecule has 0 radical (unpaired) electrons. The predicted molar refractivity (Wildman–Crippen MR) is 141 cm³/mol. The molecule has 1 fully saturated rings. The fourth-order valence-electron chi connectivity index (χ4n) is 4.82. The zero-order valence-electron chi connectivity index (χ0n) is 21.0. The van der Waals surface area contributed by atoms with E-state index in [4.69, 9.17) is 0 Å². The Morgan fingerprint density at radius 3 is 2.24 bits per heavy atom. The zero-order valence-corrected chi connectivity index (χ0v) is 21.0. The largest absolute Gasteiger partial charge is 0.480 e. The van der Waals surface area contributed by atoms with Gasteiger partial charge in [0.1, 0.15) is 12.4 Å². The van der Waals surface area contributed by atoms with Crippen molar-refractivity contribution in [1.82, 2.24) is 15.3 Å². The molecule has 192 valence electrons. The van der Waals surface area contributed by atoms with Gasteiger partial charge in [-0.2, -0.15) is 0 Å². The predicted octanol–water partition coefficient (Wildman–Crippen LogP) is 5.17. The lowest BCUT2D eigenvalue weighted by Gasteiger charge is -2.28. The minimum Gasteiger partial charge on any atom is -0.480 e. The molecule has 4 N–H and O–H groups in total. The molecule has 1 heterocycles. The van der Waals surface area contributed by atoms with E-state index >= 15 is 0 Å². The highest BCUT2D eigenvalue weighted by molar-refractivity contribution is 6.08. The normalized spacial score (nSPS) is 14.4. The van der Waals surface area contributed by atoms with Gasteiger partial charge in [0.05, 0.1) is 11.3 Å². The first-order valence-corrected chi connectivity index (χ1v) is 12.4. The van der Waals surface area contributed by atoms with Crippen LogP contribution in [0, 0.1) is 19.8 Å². The first-order valence-electron chi connectivity index (χ1n) is 12.4. The second kappa shape index (κ2) is 11.6. The minimum absolute atomic E-state index is 0.125. The number of urea groups is 1. The second-order valence-corrected chi connectivity index (χ2v) is 9.42. The van der Waals surface area contributed by atoms with Gasteiger partial charge in [-0.25, -0.2) is 19.6 Å². The highest BCUT2D eigenvalue weighted by atomic mass is 16.4. The minimum atomic E-state index is -1.06. The molecule has 2 aromatic carbocycles. The molecule has 0 saturated heterocycles. The summed E-state index contributed by atoms with van der Waals surface area (Å²) in [4.78, 5) is 46.5. The Bertz CT molecular complexity index is 1270. The Morgan fingerprint density at radius 1 is 0.919 bits per heavy atom. The maximum Gasteiger partial charge on any atom is 0.326 e. The van der Waals surface area contributed by atoms with Crippen LogP contribution in [0.5, 0.6) is 0 Å². The van der Waals surface area contributed by atoms with E-state index in [0.717, 1.165) is 43.2 Å². The average molecular weight is 502 g/mol. The third-order valence-corrected chi connectivity index (χ3v) is 6.80. The van der Waals surface area contributed by atoms with Gasteiger partial charge >= 0.3 is 12.0 Å². The molecule has 37 heavy (non-hydrogen) atoms. The van der Waals surface area contributed by atoms with Gasteiger partial charge in [0.25, 0.3) is 5.91 Å². The van der Waals surface area contributed by atoms with E-state index in [1.165, 1.54) is 6.33 Å². The number of carbonyl (C=O) groups is 3. The van der Waals surface area contributed by atoms with Gasteiger partial charge in [0, 0.05) is 23.6 Å². The van der Waals surface area contributed by atoms with E-state index in [2.05, 4.69) is 25.9 Å². The van der Waals surface area contributed by atoms with Gasteiger partial charge in [0.15, 0.2) is 0 Å². The summed E-state index contributed by atoms with van der Waals surface area (Å²) in [6, 6.07) is 9.15. The van der Waals surface area contributed by atoms with E-state index in [-0.39, 0.29) is 17.2 Å². The summed E-state index contributed by atoms with van der Waals surface area (Å²) in [6.07, 6.45) is 9.16. The number of aryl methyl sites for hydroxylation is 2. The van der Waals surface area contributed by atoms with E-state index in [1.807, 2.05) is 32.0 Å². The molecule has 0 aliphatic heterocycles. The molecule has 1 aliphatic rings. The lowest BCUT2D eigenvalue weighted by atomic mass is 9.83. The first-order chi connectivity index (χ1) is 17.8. The van der Waals surface area contributed by atoms with Gasteiger partial charge in [0.2, 0.25) is 0 Å². The van der Waals surface area contributed by atoms with Crippen molar-refractivity contribution >= 4 is 29.3 Å². The van der Waals surface area contributed by atoms with Crippen LogP contribution in [0.15, 0.2) is 55.1 Å². The lowest BCUT2D eigenvalue weighted by Crippen LogP contribution is -2.46. The van der Waals surface area contributed by atoms with Crippen molar-refractivity contribution in [3.8, 4) is 11.1 Å². The van der Waals surface area contributed by atoms with Crippen LogP contribution in [0.1, 0.15) is 53.6 Å². The maximum absolute atomic E-state index is 13.3. The number of aliphatic carboxylic acids is 1. The fraction of sp³-hybridized carbons (Fsp3) is 0.321. The van der Waals surface area contributed by atoms with Crippen molar-refractivity contribution in [3.05, 3.63) is 71.8 Å². The number of amides is 3. The zero-order chi connectivity index (χ0) is 26.4. The number of benzene rings is 2. The third-order valence-electron chi connectivity index (χ3n) is 6.80. The molecule has 0 spiro atoms. The number of carboxylic acids is 1. The van der Waals surface area contributed by atoms with Gasteiger partial charge in [-0.05, 0) is 61.4 Å². The van der Waals surface area contributed by atoms with Crippen molar-refractivity contribution in [2.45, 2.75) is 52.0 Å². The Balaban J connectivity index is 1.63. The van der Waals surface area contributed by atoms with Crippen LogP contribution in [-0.2, 0) is 4.79 Å². The number of aromatic nitrogens is 2. The molecule has 3 aromatic rings. The molecular formula is C28H31N5O4. The molecule has 0 bridgehead atoms. The molecule has 1 aromatic heterocycles. The Kier molecular flexibility index (Phi) is 8.12. The number of nitrogens with zero attached hydrogens (tertiary/aromatic N) is 2. The summed E-state index contributed by atoms with van der Waals surface area (Å²) in [7, 11) is 0. The second-order valence-electron chi connectivity index (χ2n) is 9.42. The molecule has 3 amide bonds. The van der Waals surface area contributed by atoms with Gasteiger partial charge in [-0.3, -0.25) is 4.79 Å². The molecule has 0 unspecified atom stereocenters. The van der Waals surface area contributed by atoms with Crippen LogP contribution in [0.3, 0.4) is 0 Å².